The van der Waals surface area contributed by atoms with Gasteiger partial charge in [0, 0.05) is 12.0 Å². The van der Waals surface area contributed by atoms with Crippen molar-refractivity contribution in [2.75, 3.05) is 18.1 Å². The fourth-order valence-electron chi connectivity index (χ4n) is 6.03. The van der Waals surface area contributed by atoms with E-state index in [1.807, 2.05) is 0 Å². The minimum atomic E-state index is -2.92. The molecule has 0 radical (unpaired) electrons. The van der Waals surface area contributed by atoms with Gasteiger partial charge >= 0.3 is 5.97 Å². The van der Waals surface area contributed by atoms with E-state index in [4.69, 9.17) is 9.47 Å². The smallest absolute Gasteiger partial charge is 0.307 e. The average molecular weight is 547 g/mol. The van der Waals surface area contributed by atoms with Crippen LogP contribution in [0.2, 0.25) is 0 Å². The van der Waals surface area contributed by atoms with Crippen LogP contribution >= 0.6 is 0 Å². The van der Waals surface area contributed by atoms with Gasteiger partial charge in [-0.3, -0.25) is 4.79 Å². The number of fused-ring (bicyclic) bond motifs is 3. The van der Waals surface area contributed by atoms with Crippen LogP contribution in [0.15, 0.2) is 54.6 Å². The number of carbonyl (C=O) groups is 1. The fourth-order valence-corrected chi connectivity index (χ4v) is 7.48. The lowest BCUT2D eigenvalue weighted by molar-refractivity contribution is -0.138. The summed E-state index contributed by atoms with van der Waals surface area (Å²) in [5, 5.41) is 9.19. The molecule has 2 aliphatic heterocycles. The Labute approximate surface area is 229 Å². The van der Waals surface area contributed by atoms with E-state index >= 15 is 0 Å². The van der Waals surface area contributed by atoms with Crippen molar-refractivity contribution in [3.63, 3.8) is 0 Å². The first-order chi connectivity index (χ1) is 18.8. The Kier molecular flexibility index (Phi) is 6.88. The van der Waals surface area contributed by atoms with Gasteiger partial charge in [-0.1, -0.05) is 30.3 Å². The largest absolute Gasteiger partial charge is 0.493 e. The molecule has 2 atom stereocenters. The van der Waals surface area contributed by atoms with Gasteiger partial charge in [0.2, 0.25) is 0 Å². The Bertz CT molecular complexity index is 1490. The third-order valence-corrected chi connectivity index (χ3v) is 10.1. The molecule has 3 aromatic rings. The predicted octanol–water partition coefficient (Wildman–Crippen LogP) is 5.53. The van der Waals surface area contributed by atoms with Gasteiger partial charge < -0.3 is 14.6 Å². The number of sulfone groups is 1. The Morgan fingerprint density at radius 3 is 2.44 bits per heavy atom. The molecule has 7 heteroatoms. The van der Waals surface area contributed by atoms with Crippen LogP contribution in [0.25, 0.3) is 11.1 Å². The molecule has 1 aliphatic carbocycles. The molecule has 3 aliphatic rings. The number of benzene rings is 3. The molecule has 3 aromatic carbocycles. The van der Waals surface area contributed by atoms with Crippen LogP contribution in [0.4, 0.5) is 0 Å². The fraction of sp³-hybridized carbons (Fsp3) is 0.406. The summed E-state index contributed by atoms with van der Waals surface area (Å²) in [4.78, 5) is 11.2. The monoisotopic (exact) mass is 546 g/mol. The number of carboxylic acid groups (broad SMARTS) is 1. The predicted molar refractivity (Wildman–Crippen MR) is 150 cm³/mol. The topological polar surface area (TPSA) is 89.9 Å². The van der Waals surface area contributed by atoms with Crippen LogP contribution in [-0.2, 0) is 33.9 Å². The molecule has 0 amide bonds. The Balaban J connectivity index is 1.17. The zero-order chi connectivity index (χ0) is 27.1. The Morgan fingerprint density at radius 2 is 1.72 bits per heavy atom. The molecule has 0 spiro atoms. The van der Waals surface area contributed by atoms with Crippen molar-refractivity contribution in [1.29, 1.82) is 0 Å². The van der Waals surface area contributed by atoms with Crippen molar-refractivity contribution in [3.8, 4) is 22.6 Å². The quantitative estimate of drug-likeness (QED) is 0.419. The summed E-state index contributed by atoms with van der Waals surface area (Å²) >= 11 is 0. The summed E-state index contributed by atoms with van der Waals surface area (Å²) in [7, 11) is -2.92. The number of carboxylic acids is 1. The van der Waals surface area contributed by atoms with Gasteiger partial charge in [0.05, 0.1) is 24.0 Å². The van der Waals surface area contributed by atoms with Gasteiger partial charge in [0.25, 0.3) is 0 Å². The first-order valence-electron chi connectivity index (χ1n) is 13.8. The van der Waals surface area contributed by atoms with Gasteiger partial charge in [0.1, 0.15) is 17.6 Å². The van der Waals surface area contributed by atoms with E-state index in [2.05, 4.69) is 61.5 Å². The third kappa shape index (κ3) is 5.69. The number of rotatable bonds is 7. The molecule has 6 rings (SSSR count). The second kappa shape index (κ2) is 10.3. The summed E-state index contributed by atoms with van der Waals surface area (Å²) < 4.78 is 36.0. The molecule has 0 bridgehead atoms. The van der Waals surface area contributed by atoms with Gasteiger partial charge in [-0.25, -0.2) is 8.42 Å². The second-order valence-electron chi connectivity index (χ2n) is 11.2. The second-order valence-corrected chi connectivity index (χ2v) is 13.5. The lowest BCUT2D eigenvalue weighted by Crippen LogP contribution is -2.30. The maximum atomic E-state index is 11.8. The molecule has 6 nitrogen and oxygen atoms in total. The zero-order valence-electron chi connectivity index (χ0n) is 22.2. The van der Waals surface area contributed by atoms with Crippen molar-refractivity contribution in [3.05, 3.63) is 82.4 Å². The summed E-state index contributed by atoms with van der Waals surface area (Å²) in [6, 6.07) is 19.1. The van der Waals surface area contributed by atoms with Gasteiger partial charge in [-0.05, 0) is 103 Å². The third-order valence-electron chi connectivity index (χ3n) is 8.36. The van der Waals surface area contributed by atoms with E-state index in [-0.39, 0.29) is 29.4 Å². The molecular formula is C32H34O6S. The number of hydrogen-bond acceptors (Lipinski definition) is 5. The maximum Gasteiger partial charge on any atom is 0.307 e. The summed E-state index contributed by atoms with van der Waals surface area (Å²) in [5.74, 6) is 1.33. The van der Waals surface area contributed by atoms with Crippen LogP contribution in [0.5, 0.6) is 11.5 Å². The number of ether oxygens (including phenoxy) is 2. The molecule has 39 heavy (non-hydrogen) atoms. The van der Waals surface area contributed by atoms with Crippen LogP contribution in [0.3, 0.4) is 0 Å². The summed E-state index contributed by atoms with van der Waals surface area (Å²) in [5.41, 5.74) is 8.24. The number of aryl methyl sites for hydroxylation is 3. The maximum absolute atomic E-state index is 11.8. The normalized spacial score (nSPS) is 21.7. The molecule has 0 unspecified atom stereocenters. The molecule has 1 saturated heterocycles. The van der Waals surface area contributed by atoms with Gasteiger partial charge in [-0.15, -0.1) is 0 Å². The minimum absolute atomic E-state index is 0.0659. The van der Waals surface area contributed by atoms with Crippen molar-refractivity contribution >= 4 is 15.8 Å². The highest BCUT2D eigenvalue weighted by atomic mass is 32.2. The van der Waals surface area contributed by atoms with Gasteiger partial charge in [0.15, 0.2) is 9.84 Å². The number of hydrogen-bond donors (Lipinski definition) is 1. The first kappa shape index (κ1) is 25.9. The first-order valence-corrected chi connectivity index (χ1v) is 15.7. The molecule has 1 saturated carbocycles. The highest BCUT2D eigenvalue weighted by Crippen LogP contribution is 2.47. The molecular weight excluding hydrogens is 512 g/mol. The summed E-state index contributed by atoms with van der Waals surface area (Å²) in [6.07, 6.45) is 4.35. The number of aliphatic carboxylic acids is 1. The van der Waals surface area contributed by atoms with E-state index in [1.54, 1.807) is 0 Å². The van der Waals surface area contributed by atoms with Crippen molar-refractivity contribution < 1.29 is 27.8 Å². The highest BCUT2D eigenvalue weighted by Gasteiger charge is 2.44. The lowest BCUT2D eigenvalue weighted by Gasteiger charge is -2.24. The molecule has 0 aromatic heterocycles. The molecule has 204 valence electrons. The Morgan fingerprint density at radius 1 is 1.00 bits per heavy atom. The van der Waals surface area contributed by atoms with Crippen molar-refractivity contribution in [2.45, 2.75) is 57.5 Å². The zero-order valence-corrected chi connectivity index (χ0v) is 23.0. The van der Waals surface area contributed by atoms with Crippen LogP contribution in [0, 0.1) is 12.8 Å². The van der Waals surface area contributed by atoms with E-state index in [0.29, 0.717) is 19.4 Å². The van der Waals surface area contributed by atoms with Crippen molar-refractivity contribution in [2.24, 2.45) is 5.92 Å². The van der Waals surface area contributed by atoms with Crippen LogP contribution < -0.4 is 9.47 Å². The van der Waals surface area contributed by atoms with E-state index in [1.165, 1.54) is 22.3 Å². The van der Waals surface area contributed by atoms with Crippen LogP contribution in [0.1, 0.15) is 53.0 Å². The highest BCUT2D eigenvalue weighted by molar-refractivity contribution is 7.91. The van der Waals surface area contributed by atoms with Crippen LogP contribution in [-0.4, -0.2) is 43.7 Å². The summed E-state index contributed by atoms with van der Waals surface area (Å²) in [6.45, 7) is 2.70. The molecule has 2 fully saturated rings. The average Bonchev–Trinajstić information content (AvgIpc) is 3.73. The van der Waals surface area contributed by atoms with Gasteiger partial charge in [-0.2, -0.15) is 0 Å². The van der Waals surface area contributed by atoms with E-state index in [0.717, 1.165) is 53.9 Å². The standard InChI is InChI=1S/C32H34O6S/c1-20-16-26(38-25-11-14-39(35,36)15-12-25)18-24-10-13-37-30-9-6-22(17-29(30)31(20)24)3-2-21-4-7-23(8-5-21)27-19-28(27)32(33)34/h4-9,16-18,25,27-28H,2-3,10-15,19H2,1H3,(H,33,34)/t27-,28+/m1/s1. The van der Waals surface area contributed by atoms with E-state index < -0.39 is 15.8 Å². The minimum Gasteiger partial charge on any atom is -0.493 e. The molecule has 1 N–H and O–H groups in total. The van der Waals surface area contributed by atoms with E-state index in [9.17, 15) is 18.3 Å². The SMILES string of the molecule is Cc1cc(OC2CCS(=O)(=O)CC2)cc2c1-c1cc(CCc3ccc([C@H]4C[C@@H]4C(=O)O)cc3)ccc1OCC2. The Hall–Kier alpha value is -3.32. The lowest BCUT2D eigenvalue weighted by atomic mass is 9.91. The molecule has 2 heterocycles. The van der Waals surface area contributed by atoms with Crippen molar-refractivity contribution in [1.82, 2.24) is 0 Å².